The number of carboxylic acid groups (broad SMARTS) is 1. The molecule has 104 valence electrons. The number of rotatable bonds is 4. The molecule has 6 heteroatoms. The lowest BCUT2D eigenvalue weighted by atomic mass is 10.2. The number of halogens is 3. The van der Waals surface area contributed by atoms with Gasteiger partial charge >= 0.3 is 5.97 Å². The van der Waals surface area contributed by atoms with Crippen LogP contribution in [0.5, 0.6) is 5.75 Å². The molecule has 0 aliphatic rings. The molecule has 3 nitrogen and oxygen atoms in total. The van der Waals surface area contributed by atoms with Gasteiger partial charge in [-0.3, -0.25) is 0 Å². The molecule has 0 aliphatic heterocycles. The summed E-state index contributed by atoms with van der Waals surface area (Å²) in [5.74, 6) is -2.23. The molecule has 0 saturated heterocycles. The molecule has 1 N–H and O–H groups in total. The molecule has 0 radical (unpaired) electrons. The van der Waals surface area contributed by atoms with Crippen molar-refractivity contribution in [1.82, 2.24) is 0 Å². The van der Waals surface area contributed by atoms with Gasteiger partial charge in [0.2, 0.25) is 0 Å². The molecule has 0 heterocycles. The van der Waals surface area contributed by atoms with E-state index in [-0.39, 0.29) is 17.9 Å². The summed E-state index contributed by atoms with van der Waals surface area (Å²) in [4.78, 5) is 10.8. The number of carboxylic acids is 1. The molecule has 0 unspecified atom stereocenters. The van der Waals surface area contributed by atoms with Crippen LogP contribution in [0.4, 0.5) is 8.78 Å². The number of benzene rings is 2. The predicted octanol–water partition coefficient (Wildman–Crippen LogP) is 4.00. The van der Waals surface area contributed by atoms with Gasteiger partial charge in [-0.05, 0) is 45.8 Å². The first-order valence-corrected chi connectivity index (χ1v) is 6.35. The molecule has 0 fully saturated rings. The number of hydrogen-bond donors (Lipinski definition) is 1. The number of carbonyl (C=O) groups is 1. The summed E-state index contributed by atoms with van der Waals surface area (Å²) in [7, 11) is 0. The van der Waals surface area contributed by atoms with Gasteiger partial charge in [-0.15, -0.1) is 0 Å². The topological polar surface area (TPSA) is 46.5 Å². The second-order valence-corrected chi connectivity index (χ2v) is 4.87. The van der Waals surface area contributed by atoms with Crippen LogP contribution in [0.3, 0.4) is 0 Å². The lowest BCUT2D eigenvalue weighted by molar-refractivity contribution is 0.0695. The summed E-state index contributed by atoms with van der Waals surface area (Å²) < 4.78 is 31.9. The molecule has 0 atom stereocenters. The average Bonchev–Trinajstić information content (AvgIpc) is 2.39. The third-order valence-electron chi connectivity index (χ3n) is 2.51. The van der Waals surface area contributed by atoms with Crippen LogP contribution in [0.2, 0.25) is 0 Å². The average molecular weight is 343 g/mol. The molecule has 0 aromatic heterocycles. The summed E-state index contributed by atoms with van der Waals surface area (Å²) in [5.41, 5.74) is 0.472. The molecule has 0 saturated carbocycles. The second-order valence-electron chi connectivity index (χ2n) is 4.02. The van der Waals surface area contributed by atoms with Gasteiger partial charge in [0, 0.05) is 6.07 Å². The molecule has 2 aromatic carbocycles. The van der Waals surface area contributed by atoms with E-state index in [4.69, 9.17) is 9.84 Å². The zero-order valence-electron chi connectivity index (χ0n) is 10.1. The van der Waals surface area contributed by atoms with Gasteiger partial charge in [0.25, 0.3) is 0 Å². The Morgan fingerprint density at radius 3 is 2.60 bits per heavy atom. The van der Waals surface area contributed by atoms with Gasteiger partial charge in [-0.25, -0.2) is 13.6 Å². The zero-order chi connectivity index (χ0) is 14.7. The lowest BCUT2D eigenvalue weighted by Gasteiger charge is -2.08. The van der Waals surface area contributed by atoms with Crippen molar-refractivity contribution in [1.29, 1.82) is 0 Å². The van der Waals surface area contributed by atoms with Crippen LogP contribution in [-0.4, -0.2) is 11.1 Å². The summed E-state index contributed by atoms with van der Waals surface area (Å²) in [6.45, 7) is 0.0708. The quantitative estimate of drug-likeness (QED) is 0.913. The first-order valence-electron chi connectivity index (χ1n) is 5.56. The van der Waals surface area contributed by atoms with Crippen LogP contribution in [0, 0.1) is 11.6 Å². The minimum absolute atomic E-state index is 0.0708. The van der Waals surface area contributed by atoms with E-state index in [1.54, 1.807) is 0 Å². The van der Waals surface area contributed by atoms with Crippen molar-refractivity contribution in [2.45, 2.75) is 6.61 Å². The van der Waals surface area contributed by atoms with Crippen LogP contribution in [0.15, 0.2) is 40.9 Å². The highest BCUT2D eigenvalue weighted by Crippen LogP contribution is 2.20. The van der Waals surface area contributed by atoms with Crippen LogP contribution in [0.25, 0.3) is 0 Å². The Labute approximate surface area is 121 Å². The van der Waals surface area contributed by atoms with E-state index >= 15 is 0 Å². The fraction of sp³-hybridized carbons (Fsp3) is 0.0714. The van der Waals surface area contributed by atoms with E-state index in [1.165, 1.54) is 24.3 Å². The highest BCUT2D eigenvalue weighted by atomic mass is 79.9. The van der Waals surface area contributed by atoms with Gasteiger partial charge in [0.15, 0.2) is 0 Å². The van der Waals surface area contributed by atoms with Crippen molar-refractivity contribution in [3.05, 3.63) is 63.6 Å². The normalized spacial score (nSPS) is 10.3. The van der Waals surface area contributed by atoms with Crippen LogP contribution in [-0.2, 0) is 6.61 Å². The van der Waals surface area contributed by atoms with Crippen molar-refractivity contribution in [3.63, 3.8) is 0 Å². The lowest BCUT2D eigenvalue weighted by Crippen LogP contribution is -2.01. The Balaban J connectivity index is 2.14. The highest BCUT2D eigenvalue weighted by Gasteiger charge is 2.08. The van der Waals surface area contributed by atoms with Gasteiger partial charge in [0.05, 0.1) is 10.0 Å². The largest absolute Gasteiger partial charge is 0.489 e. The van der Waals surface area contributed by atoms with E-state index in [0.717, 1.165) is 12.1 Å². The van der Waals surface area contributed by atoms with Crippen molar-refractivity contribution in [2.24, 2.45) is 0 Å². The minimum Gasteiger partial charge on any atom is -0.489 e. The Kier molecular flexibility index (Phi) is 4.34. The summed E-state index contributed by atoms with van der Waals surface area (Å²) in [5, 5.41) is 8.82. The maximum absolute atomic E-state index is 13.2. The van der Waals surface area contributed by atoms with Crippen LogP contribution in [0.1, 0.15) is 15.9 Å². The molecular formula is C14H9BrF2O3. The van der Waals surface area contributed by atoms with E-state index < -0.39 is 17.6 Å². The standard InChI is InChI=1S/C14H9BrF2O3/c15-12-3-8(1-2-13(12)17)7-20-11-5-9(14(18)19)4-10(16)6-11/h1-6H,7H2,(H,18,19). The van der Waals surface area contributed by atoms with E-state index in [1.807, 2.05) is 0 Å². The van der Waals surface area contributed by atoms with Gasteiger partial charge in [0.1, 0.15) is 24.0 Å². The number of aromatic carboxylic acids is 1. The Morgan fingerprint density at radius 1 is 1.20 bits per heavy atom. The van der Waals surface area contributed by atoms with Crippen LogP contribution < -0.4 is 4.74 Å². The molecule has 20 heavy (non-hydrogen) atoms. The molecular weight excluding hydrogens is 334 g/mol. The maximum atomic E-state index is 13.2. The second kappa shape index (κ2) is 6.00. The Morgan fingerprint density at radius 2 is 1.95 bits per heavy atom. The van der Waals surface area contributed by atoms with Gasteiger partial charge < -0.3 is 9.84 Å². The monoisotopic (exact) mass is 342 g/mol. The molecule has 0 amide bonds. The van der Waals surface area contributed by atoms with Crippen molar-refractivity contribution in [3.8, 4) is 5.75 Å². The molecule has 0 spiro atoms. The summed E-state index contributed by atoms with van der Waals surface area (Å²) >= 11 is 3.05. The Bertz CT molecular complexity index is 659. The first-order chi connectivity index (χ1) is 9.45. The minimum atomic E-state index is -1.24. The van der Waals surface area contributed by atoms with Crippen LogP contribution >= 0.6 is 15.9 Å². The Hall–Kier alpha value is -1.95. The molecule has 2 aromatic rings. The van der Waals surface area contributed by atoms with E-state index in [0.29, 0.717) is 10.0 Å². The molecule has 0 aliphatic carbocycles. The fourth-order valence-electron chi connectivity index (χ4n) is 1.57. The fourth-order valence-corrected chi connectivity index (χ4v) is 1.99. The smallest absolute Gasteiger partial charge is 0.335 e. The van der Waals surface area contributed by atoms with Crippen molar-refractivity contribution >= 4 is 21.9 Å². The SMILES string of the molecule is O=C(O)c1cc(F)cc(OCc2ccc(F)c(Br)c2)c1. The van der Waals surface area contributed by atoms with Crippen molar-refractivity contribution in [2.75, 3.05) is 0 Å². The predicted molar refractivity (Wildman–Crippen MR) is 71.8 cm³/mol. The first kappa shape index (κ1) is 14.5. The zero-order valence-corrected chi connectivity index (χ0v) is 11.7. The number of ether oxygens (including phenoxy) is 1. The molecule has 0 bridgehead atoms. The summed E-state index contributed by atoms with van der Waals surface area (Å²) in [6.07, 6.45) is 0. The van der Waals surface area contributed by atoms with E-state index in [9.17, 15) is 13.6 Å². The molecule has 2 rings (SSSR count). The third kappa shape index (κ3) is 3.54. The summed E-state index contributed by atoms with van der Waals surface area (Å²) in [6, 6.07) is 7.56. The van der Waals surface area contributed by atoms with Gasteiger partial charge in [-0.1, -0.05) is 6.07 Å². The van der Waals surface area contributed by atoms with E-state index in [2.05, 4.69) is 15.9 Å². The number of hydrogen-bond acceptors (Lipinski definition) is 2. The van der Waals surface area contributed by atoms with Gasteiger partial charge in [-0.2, -0.15) is 0 Å². The van der Waals surface area contributed by atoms with Crippen molar-refractivity contribution < 1.29 is 23.4 Å². The third-order valence-corrected chi connectivity index (χ3v) is 3.12. The highest BCUT2D eigenvalue weighted by molar-refractivity contribution is 9.10. The maximum Gasteiger partial charge on any atom is 0.335 e.